The molecule has 0 bridgehead atoms. The molecule has 0 heterocycles. The average Bonchev–Trinajstić information content (AvgIpc) is 2.38. The normalized spacial score (nSPS) is 12.6. The van der Waals surface area contributed by atoms with Crippen molar-refractivity contribution in [3.63, 3.8) is 0 Å². The summed E-state index contributed by atoms with van der Waals surface area (Å²) in [5.41, 5.74) is 2.27. The number of carboxylic acids is 1. The van der Waals surface area contributed by atoms with E-state index in [0.29, 0.717) is 32.0 Å². The van der Waals surface area contributed by atoms with Gasteiger partial charge < -0.3 is 9.84 Å². The lowest BCUT2D eigenvalue weighted by molar-refractivity contribution is -0.142. The standard InChI is InChI=1S/C17H26O3/c1-13(2)8-10-20-11-9-16(17(18)19)12-15-6-4-14(3)5-7-15/h4-7,13,16H,8-12H2,1-3H3,(H,18,19). The van der Waals surface area contributed by atoms with Crippen LogP contribution in [0.15, 0.2) is 24.3 Å². The topological polar surface area (TPSA) is 46.5 Å². The Kier molecular flexibility index (Phi) is 7.31. The third kappa shape index (κ3) is 6.71. The van der Waals surface area contributed by atoms with Gasteiger partial charge in [-0.1, -0.05) is 43.7 Å². The SMILES string of the molecule is Cc1ccc(CC(CCOCCC(C)C)C(=O)O)cc1. The highest BCUT2D eigenvalue weighted by Gasteiger charge is 2.17. The van der Waals surface area contributed by atoms with E-state index < -0.39 is 5.97 Å². The number of hydrogen-bond donors (Lipinski definition) is 1. The number of aryl methyl sites for hydroxylation is 1. The van der Waals surface area contributed by atoms with E-state index in [1.54, 1.807) is 0 Å². The van der Waals surface area contributed by atoms with E-state index >= 15 is 0 Å². The van der Waals surface area contributed by atoms with Gasteiger partial charge in [0.2, 0.25) is 0 Å². The van der Waals surface area contributed by atoms with Crippen LogP contribution in [0.5, 0.6) is 0 Å². The summed E-state index contributed by atoms with van der Waals surface area (Å²) in [4.78, 5) is 11.3. The predicted octanol–water partition coefficient (Wildman–Crippen LogP) is 3.69. The molecular weight excluding hydrogens is 252 g/mol. The van der Waals surface area contributed by atoms with Gasteiger partial charge in [0.15, 0.2) is 0 Å². The molecule has 3 nitrogen and oxygen atoms in total. The average molecular weight is 278 g/mol. The van der Waals surface area contributed by atoms with Crippen molar-refractivity contribution < 1.29 is 14.6 Å². The van der Waals surface area contributed by atoms with Crippen molar-refractivity contribution in [3.05, 3.63) is 35.4 Å². The highest BCUT2D eigenvalue weighted by atomic mass is 16.5. The first-order valence-corrected chi connectivity index (χ1v) is 7.35. The minimum absolute atomic E-state index is 0.364. The summed E-state index contributed by atoms with van der Waals surface area (Å²) in [6.07, 6.45) is 2.17. The van der Waals surface area contributed by atoms with Crippen LogP contribution in [0.25, 0.3) is 0 Å². The van der Waals surface area contributed by atoms with Gasteiger partial charge in [-0.15, -0.1) is 0 Å². The molecule has 0 aliphatic heterocycles. The molecule has 1 aromatic carbocycles. The molecule has 0 aliphatic rings. The van der Waals surface area contributed by atoms with Crippen molar-refractivity contribution in [2.75, 3.05) is 13.2 Å². The van der Waals surface area contributed by atoms with E-state index in [4.69, 9.17) is 4.74 Å². The molecule has 0 aliphatic carbocycles. The molecule has 20 heavy (non-hydrogen) atoms. The van der Waals surface area contributed by atoms with E-state index in [1.165, 1.54) is 5.56 Å². The molecule has 1 aromatic rings. The highest BCUT2D eigenvalue weighted by molar-refractivity contribution is 5.70. The van der Waals surface area contributed by atoms with Gasteiger partial charge in [-0.2, -0.15) is 0 Å². The monoisotopic (exact) mass is 278 g/mol. The molecular formula is C17H26O3. The Morgan fingerprint density at radius 1 is 1.15 bits per heavy atom. The quantitative estimate of drug-likeness (QED) is 0.701. The van der Waals surface area contributed by atoms with E-state index in [0.717, 1.165) is 12.0 Å². The summed E-state index contributed by atoms with van der Waals surface area (Å²) in [7, 11) is 0. The number of aliphatic carboxylic acids is 1. The Hall–Kier alpha value is -1.35. The summed E-state index contributed by atoms with van der Waals surface area (Å²) in [6.45, 7) is 7.58. The first-order chi connectivity index (χ1) is 9.49. The lowest BCUT2D eigenvalue weighted by atomic mass is 9.96. The van der Waals surface area contributed by atoms with Gasteiger partial charge >= 0.3 is 5.97 Å². The third-order valence-electron chi connectivity index (χ3n) is 3.40. The molecule has 1 atom stereocenters. The molecule has 0 saturated heterocycles. The summed E-state index contributed by atoms with van der Waals surface area (Å²) >= 11 is 0. The molecule has 0 aromatic heterocycles. The molecule has 0 spiro atoms. The van der Waals surface area contributed by atoms with Crippen LogP contribution in [-0.2, 0) is 16.0 Å². The van der Waals surface area contributed by atoms with E-state index in [1.807, 2.05) is 31.2 Å². The maximum Gasteiger partial charge on any atom is 0.306 e. The molecule has 3 heteroatoms. The molecule has 1 rings (SSSR count). The number of hydrogen-bond acceptors (Lipinski definition) is 2. The Balaban J connectivity index is 2.37. The minimum Gasteiger partial charge on any atom is -0.481 e. The Morgan fingerprint density at radius 2 is 1.75 bits per heavy atom. The molecule has 0 radical (unpaired) electrons. The Labute approximate surface area is 122 Å². The van der Waals surface area contributed by atoms with Crippen molar-refractivity contribution in [2.45, 2.75) is 40.0 Å². The predicted molar refractivity (Wildman–Crippen MR) is 80.9 cm³/mol. The van der Waals surface area contributed by atoms with E-state index in [2.05, 4.69) is 13.8 Å². The van der Waals surface area contributed by atoms with Crippen LogP contribution in [0.1, 0.15) is 37.8 Å². The van der Waals surface area contributed by atoms with Crippen LogP contribution in [0.3, 0.4) is 0 Å². The van der Waals surface area contributed by atoms with Crippen LogP contribution >= 0.6 is 0 Å². The number of carboxylic acid groups (broad SMARTS) is 1. The first-order valence-electron chi connectivity index (χ1n) is 7.35. The van der Waals surface area contributed by atoms with Crippen LogP contribution in [-0.4, -0.2) is 24.3 Å². The molecule has 1 unspecified atom stereocenters. The number of carbonyl (C=O) groups is 1. The molecule has 112 valence electrons. The van der Waals surface area contributed by atoms with Gasteiger partial charge in [0.05, 0.1) is 5.92 Å². The Morgan fingerprint density at radius 3 is 2.30 bits per heavy atom. The fourth-order valence-corrected chi connectivity index (χ4v) is 1.97. The lowest BCUT2D eigenvalue weighted by Gasteiger charge is -2.13. The maximum absolute atomic E-state index is 11.3. The maximum atomic E-state index is 11.3. The second-order valence-electron chi connectivity index (χ2n) is 5.81. The van der Waals surface area contributed by atoms with Crippen molar-refractivity contribution in [2.24, 2.45) is 11.8 Å². The number of benzene rings is 1. The van der Waals surface area contributed by atoms with Gasteiger partial charge in [-0.25, -0.2) is 0 Å². The summed E-state index contributed by atoms with van der Waals surface area (Å²) in [6, 6.07) is 8.05. The van der Waals surface area contributed by atoms with Crippen LogP contribution < -0.4 is 0 Å². The van der Waals surface area contributed by atoms with E-state index in [9.17, 15) is 9.90 Å². The zero-order valence-electron chi connectivity index (χ0n) is 12.8. The summed E-state index contributed by atoms with van der Waals surface area (Å²) < 4.78 is 5.52. The second kappa shape index (κ2) is 8.75. The lowest BCUT2D eigenvalue weighted by Crippen LogP contribution is -2.19. The van der Waals surface area contributed by atoms with Gasteiger partial charge in [0, 0.05) is 13.2 Å². The fraction of sp³-hybridized carbons (Fsp3) is 0.588. The van der Waals surface area contributed by atoms with Gasteiger partial charge in [0.25, 0.3) is 0 Å². The van der Waals surface area contributed by atoms with E-state index in [-0.39, 0.29) is 5.92 Å². The zero-order chi connectivity index (χ0) is 15.0. The largest absolute Gasteiger partial charge is 0.481 e. The zero-order valence-corrected chi connectivity index (χ0v) is 12.8. The van der Waals surface area contributed by atoms with Crippen LogP contribution in [0.2, 0.25) is 0 Å². The molecule has 0 amide bonds. The molecule has 1 N–H and O–H groups in total. The van der Waals surface area contributed by atoms with Crippen LogP contribution in [0, 0.1) is 18.8 Å². The van der Waals surface area contributed by atoms with Crippen LogP contribution in [0.4, 0.5) is 0 Å². The van der Waals surface area contributed by atoms with Crippen molar-refractivity contribution >= 4 is 5.97 Å². The smallest absolute Gasteiger partial charge is 0.306 e. The van der Waals surface area contributed by atoms with Gasteiger partial charge in [0.1, 0.15) is 0 Å². The Bertz CT molecular complexity index is 395. The van der Waals surface area contributed by atoms with Crippen molar-refractivity contribution in [1.82, 2.24) is 0 Å². The first kappa shape index (κ1) is 16.7. The molecule has 0 saturated carbocycles. The highest BCUT2D eigenvalue weighted by Crippen LogP contribution is 2.14. The van der Waals surface area contributed by atoms with Gasteiger partial charge in [-0.3, -0.25) is 4.79 Å². The number of ether oxygens (including phenoxy) is 1. The second-order valence-corrected chi connectivity index (χ2v) is 5.81. The minimum atomic E-state index is -0.738. The summed E-state index contributed by atoms with van der Waals surface area (Å²) in [5, 5.41) is 9.28. The molecule has 0 fully saturated rings. The van der Waals surface area contributed by atoms with Crippen molar-refractivity contribution in [1.29, 1.82) is 0 Å². The fourth-order valence-electron chi connectivity index (χ4n) is 1.97. The van der Waals surface area contributed by atoms with Gasteiger partial charge in [-0.05, 0) is 37.7 Å². The number of rotatable bonds is 9. The third-order valence-corrected chi connectivity index (χ3v) is 3.40. The summed E-state index contributed by atoms with van der Waals surface area (Å²) in [5.74, 6) is -0.479. The van der Waals surface area contributed by atoms with Crippen molar-refractivity contribution in [3.8, 4) is 0 Å².